The lowest BCUT2D eigenvalue weighted by Crippen LogP contribution is -1.97. The number of rotatable bonds is 5. The first-order valence-electron chi connectivity index (χ1n) is 6.22. The second-order valence-corrected chi connectivity index (χ2v) is 13.6. The van der Waals surface area contributed by atoms with Gasteiger partial charge in [-0.05, 0) is 38.1 Å². The summed E-state index contributed by atoms with van der Waals surface area (Å²) >= 11 is 0. The van der Waals surface area contributed by atoms with Crippen LogP contribution in [-0.4, -0.2) is 16.8 Å². The van der Waals surface area contributed by atoms with E-state index in [0.29, 0.717) is 19.7 Å². The summed E-state index contributed by atoms with van der Waals surface area (Å²) in [6.45, 7) is 3.69. The molecule has 0 aliphatic heterocycles. The molecule has 0 fully saturated rings. The van der Waals surface area contributed by atoms with E-state index >= 15 is 0 Å². The Labute approximate surface area is 137 Å². The molecule has 0 amide bonds. The summed E-state index contributed by atoms with van der Waals surface area (Å²) in [5.74, 6) is 0. The smallest absolute Gasteiger partial charge is 0.211 e. The van der Waals surface area contributed by atoms with Gasteiger partial charge >= 0.3 is 0 Å². The van der Waals surface area contributed by atoms with Crippen LogP contribution >= 0.6 is 19.7 Å². The normalized spacial score (nSPS) is 12.3. The number of hydrogen-bond acceptors (Lipinski definition) is 6. The van der Waals surface area contributed by atoms with Gasteiger partial charge in [0, 0.05) is 0 Å². The van der Waals surface area contributed by atoms with Gasteiger partial charge in [0.15, 0.2) is 0 Å². The monoisotopic (exact) mass is 374 g/mol. The fraction of sp³-hybridized carbons (Fsp3) is 0.143. The third-order valence-electron chi connectivity index (χ3n) is 2.83. The first kappa shape index (κ1) is 17.4. The summed E-state index contributed by atoms with van der Waals surface area (Å²) in [6.07, 6.45) is 0. The maximum absolute atomic E-state index is 12.2. The van der Waals surface area contributed by atoms with Crippen molar-refractivity contribution < 1.29 is 16.8 Å². The molecule has 0 atom stereocenters. The molecule has 2 aromatic rings. The fourth-order valence-corrected chi connectivity index (χ4v) is 11.1. The van der Waals surface area contributed by atoms with Gasteiger partial charge in [-0.25, -0.2) is 16.8 Å². The molecule has 0 aliphatic carbocycles. The second-order valence-electron chi connectivity index (χ2n) is 4.67. The highest BCUT2D eigenvalue weighted by Gasteiger charge is 2.23. The highest BCUT2D eigenvalue weighted by molar-refractivity contribution is 9.23. The molecule has 0 N–H and O–H groups in total. The average molecular weight is 375 g/mol. The summed E-state index contributed by atoms with van der Waals surface area (Å²) < 4.78 is 48.6. The molecule has 2 aromatic carbocycles. The van der Waals surface area contributed by atoms with Gasteiger partial charge < -0.3 is 0 Å². The minimum atomic E-state index is -3.73. The van der Waals surface area contributed by atoms with Crippen molar-refractivity contribution in [1.82, 2.24) is 0 Å². The summed E-state index contributed by atoms with van der Waals surface area (Å²) in [6, 6.07) is 12.6. The zero-order valence-corrected chi connectivity index (χ0v) is 15.2. The lowest BCUT2D eigenvalue weighted by Gasteiger charge is -2.05. The summed E-state index contributed by atoms with van der Waals surface area (Å²) in [7, 11) is -6.76. The zero-order valence-electron chi connectivity index (χ0n) is 11.9. The Balaban J connectivity index is 2.17. The highest BCUT2D eigenvalue weighted by Crippen LogP contribution is 2.40. The van der Waals surface area contributed by atoms with E-state index in [9.17, 15) is 16.8 Å². The van der Waals surface area contributed by atoms with Crippen LogP contribution in [0.15, 0.2) is 58.3 Å². The van der Waals surface area contributed by atoms with E-state index in [1.54, 1.807) is 24.3 Å². The Bertz CT molecular complexity index is 777. The summed E-state index contributed by atoms with van der Waals surface area (Å²) in [4.78, 5) is 0.185. The van der Waals surface area contributed by atoms with E-state index in [4.69, 9.17) is 0 Å². The fourth-order valence-electron chi connectivity index (χ4n) is 1.56. The van der Waals surface area contributed by atoms with Gasteiger partial charge in [-0.15, -0.1) is 0 Å². The van der Waals surface area contributed by atoms with Crippen LogP contribution in [0.5, 0.6) is 0 Å². The van der Waals surface area contributed by atoms with Crippen LogP contribution in [0.4, 0.5) is 0 Å². The van der Waals surface area contributed by atoms with Gasteiger partial charge in [-0.3, -0.25) is 0 Å². The third kappa shape index (κ3) is 4.28. The minimum absolute atomic E-state index is 0.0923. The molecule has 0 bridgehead atoms. The van der Waals surface area contributed by atoms with Crippen molar-refractivity contribution in [1.29, 1.82) is 0 Å². The molecular formula is C14H14O4S4. The van der Waals surface area contributed by atoms with Crippen LogP contribution in [0.3, 0.4) is 0 Å². The Morgan fingerprint density at radius 3 is 1.14 bits per heavy atom. The van der Waals surface area contributed by atoms with E-state index < -0.39 is 17.7 Å². The van der Waals surface area contributed by atoms with Crippen molar-refractivity contribution in [2.24, 2.45) is 0 Å². The second kappa shape index (κ2) is 6.66. The van der Waals surface area contributed by atoms with E-state index in [2.05, 4.69) is 0 Å². The lowest BCUT2D eigenvalue weighted by molar-refractivity contribution is 0.608. The number of aryl methyl sites for hydroxylation is 2. The molecule has 0 saturated carbocycles. The largest absolute Gasteiger partial charge is 0.240 e. The van der Waals surface area contributed by atoms with Crippen LogP contribution in [0, 0.1) is 13.8 Å². The van der Waals surface area contributed by atoms with Gasteiger partial charge in [0.1, 0.15) is 0 Å². The Morgan fingerprint density at radius 2 is 0.864 bits per heavy atom. The van der Waals surface area contributed by atoms with Crippen LogP contribution in [0.1, 0.15) is 11.1 Å². The Hall–Kier alpha value is -0.960. The van der Waals surface area contributed by atoms with E-state index in [0.717, 1.165) is 11.1 Å². The van der Waals surface area contributed by atoms with Gasteiger partial charge in [0.2, 0.25) is 17.7 Å². The number of benzene rings is 2. The molecule has 118 valence electrons. The van der Waals surface area contributed by atoms with Crippen LogP contribution in [0.2, 0.25) is 0 Å². The van der Waals surface area contributed by atoms with Crippen molar-refractivity contribution in [3.63, 3.8) is 0 Å². The summed E-state index contributed by atoms with van der Waals surface area (Å²) in [5.41, 5.74) is 1.87. The molecular weight excluding hydrogens is 360 g/mol. The molecule has 4 nitrogen and oxygen atoms in total. The molecule has 0 radical (unpaired) electrons. The van der Waals surface area contributed by atoms with Gasteiger partial charge in [0.05, 0.1) is 29.4 Å². The quantitative estimate of drug-likeness (QED) is 0.742. The molecule has 0 aliphatic rings. The lowest BCUT2D eigenvalue weighted by atomic mass is 10.2. The maximum Gasteiger partial charge on any atom is 0.240 e. The molecule has 0 unspecified atom stereocenters. The van der Waals surface area contributed by atoms with Crippen LogP contribution in [0.25, 0.3) is 0 Å². The van der Waals surface area contributed by atoms with Gasteiger partial charge in [-0.1, -0.05) is 35.4 Å². The van der Waals surface area contributed by atoms with Crippen molar-refractivity contribution in [3.05, 3.63) is 59.7 Å². The minimum Gasteiger partial charge on any atom is -0.211 e. The maximum atomic E-state index is 12.2. The molecule has 8 heteroatoms. The SMILES string of the molecule is Cc1ccc(S(=O)(=O)SSS(=O)(=O)c2ccc(C)cc2)cc1. The Kier molecular flexibility index (Phi) is 5.26. The molecule has 0 heterocycles. The van der Waals surface area contributed by atoms with E-state index in [-0.39, 0.29) is 9.79 Å². The third-order valence-corrected chi connectivity index (χ3v) is 12.6. The van der Waals surface area contributed by atoms with Gasteiger partial charge in [-0.2, -0.15) is 0 Å². The molecule has 0 spiro atoms. The first-order valence-corrected chi connectivity index (χ1v) is 12.4. The highest BCUT2D eigenvalue weighted by atomic mass is 33.7. The average Bonchev–Trinajstić information content (AvgIpc) is 2.46. The van der Waals surface area contributed by atoms with Crippen molar-refractivity contribution in [2.45, 2.75) is 23.6 Å². The zero-order chi connectivity index (χ0) is 16.4. The number of hydrogen-bond donors (Lipinski definition) is 0. The molecule has 2 rings (SSSR count). The first-order chi connectivity index (χ1) is 10.2. The van der Waals surface area contributed by atoms with Crippen LogP contribution in [-0.2, 0) is 17.7 Å². The molecule has 0 saturated heterocycles. The van der Waals surface area contributed by atoms with Gasteiger partial charge in [0.25, 0.3) is 0 Å². The molecule has 0 aromatic heterocycles. The Morgan fingerprint density at radius 1 is 0.591 bits per heavy atom. The predicted octanol–water partition coefficient (Wildman–Crippen LogP) is 3.76. The van der Waals surface area contributed by atoms with Crippen molar-refractivity contribution in [2.75, 3.05) is 0 Å². The van der Waals surface area contributed by atoms with Crippen molar-refractivity contribution >= 4 is 37.4 Å². The standard InChI is InChI=1S/C14H14O4S4/c1-11-3-7-13(8-4-11)21(15,16)19-20-22(17,18)14-9-5-12(2)6-10-14/h3-10H,1-2H3. The van der Waals surface area contributed by atoms with E-state index in [1.165, 1.54) is 24.3 Å². The van der Waals surface area contributed by atoms with Crippen LogP contribution < -0.4 is 0 Å². The van der Waals surface area contributed by atoms with E-state index in [1.807, 2.05) is 13.8 Å². The summed E-state index contributed by atoms with van der Waals surface area (Å²) in [5, 5.41) is 0. The topological polar surface area (TPSA) is 68.3 Å². The van der Waals surface area contributed by atoms with Crippen molar-refractivity contribution in [3.8, 4) is 0 Å². The molecule has 22 heavy (non-hydrogen) atoms. The predicted molar refractivity (Wildman–Crippen MR) is 91.9 cm³/mol.